The first-order valence-electron chi connectivity index (χ1n) is 7.09. The highest BCUT2D eigenvalue weighted by atomic mass is 16.5. The number of carbonyl (C=O) groups is 2. The average Bonchev–Trinajstić information content (AvgIpc) is 2.45. The molecule has 6 nitrogen and oxygen atoms in total. The van der Waals surface area contributed by atoms with Crippen LogP contribution >= 0.6 is 0 Å². The van der Waals surface area contributed by atoms with E-state index in [-0.39, 0.29) is 17.9 Å². The van der Waals surface area contributed by atoms with Crippen molar-refractivity contribution in [1.82, 2.24) is 10.2 Å². The van der Waals surface area contributed by atoms with E-state index in [0.717, 1.165) is 0 Å². The number of nitrogens with two attached hydrogens (primary N) is 1. The van der Waals surface area contributed by atoms with Crippen LogP contribution in [0.25, 0.3) is 0 Å². The molecule has 1 heterocycles. The number of amides is 2. The predicted octanol–water partition coefficient (Wildman–Crippen LogP) is 1.02. The highest BCUT2D eigenvalue weighted by Gasteiger charge is 2.25. The molecule has 1 unspecified atom stereocenters. The summed E-state index contributed by atoms with van der Waals surface area (Å²) in [5.41, 5.74) is 6.73. The van der Waals surface area contributed by atoms with Crippen molar-refractivity contribution < 1.29 is 14.3 Å². The van der Waals surface area contributed by atoms with E-state index < -0.39 is 0 Å². The highest BCUT2D eigenvalue weighted by molar-refractivity contribution is 5.98. The lowest BCUT2D eigenvalue weighted by Crippen LogP contribution is -2.48. The molecule has 0 spiro atoms. The molecule has 1 aromatic carbocycles. The van der Waals surface area contributed by atoms with Crippen molar-refractivity contribution in [1.29, 1.82) is 0 Å². The van der Waals surface area contributed by atoms with Gasteiger partial charge in [0.25, 0.3) is 5.91 Å². The fourth-order valence-corrected chi connectivity index (χ4v) is 2.43. The Bertz CT molecular complexity index is 545. The Balaban J connectivity index is 2.10. The van der Waals surface area contributed by atoms with Gasteiger partial charge in [-0.3, -0.25) is 9.59 Å². The number of nitrogen functional groups attached to an aromatic ring is 1. The standard InChI is InChI=1S/C15H21N3O3/c1-3-21-14-11(5-4-6-12(14)16)15(20)17-10-7-8-13(19)18(2)9-10/h4-6,10H,3,7-9,16H2,1-2H3,(H,17,20). The fourth-order valence-electron chi connectivity index (χ4n) is 2.43. The van der Waals surface area contributed by atoms with Crippen LogP contribution in [0.5, 0.6) is 5.75 Å². The molecule has 2 rings (SSSR count). The highest BCUT2D eigenvalue weighted by Crippen LogP contribution is 2.26. The number of carbonyl (C=O) groups excluding carboxylic acids is 2. The number of anilines is 1. The Morgan fingerprint density at radius 1 is 1.52 bits per heavy atom. The van der Waals surface area contributed by atoms with E-state index in [0.29, 0.717) is 43.0 Å². The Morgan fingerprint density at radius 3 is 2.95 bits per heavy atom. The number of hydrogen-bond acceptors (Lipinski definition) is 4. The van der Waals surface area contributed by atoms with Crippen molar-refractivity contribution in [2.45, 2.75) is 25.8 Å². The molecule has 2 amide bonds. The molecule has 1 saturated heterocycles. The molecule has 0 radical (unpaired) electrons. The molecule has 1 aliphatic rings. The number of para-hydroxylation sites is 1. The first-order valence-corrected chi connectivity index (χ1v) is 7.09. The van der Waals surface area contributed by atoms with Crippen LogP contribution in [-0.4, -0.2) is 43.0 Å². The molecule has 0 aromatic heterocycles. The first kappa shape index (κ1) is 15.2. The van der Waals surface area contributed by atoms with Crippen molar-refractivity contribution in [3.63, 3.8) is 0 Å². The molecule has 1 fully saturated rings. The summed E-state index contributed by atoms with van der Waals surface area (Å²) in [5, 5.41) is 2.94. The summed E-state index contributed by atoms with van der Waals surface area (Å²) in [6, 6.07) is 5.07. The zero-order valence-corrected chi connectivity index (χ0v) is 12.4. The van der Waals surface area contributed by atoms with Gasteiger partial charge in [0.05, 0.1) is 17.9 Å². The maximum absolute atomic E-state index is 12.4. The second kappa shape index (κ2) is 6.47. The van der Waals surface area contributed by atoms with Crippen LogP contribution < -0.4 is 15.8 Å². The molecule has 6 heteroatoms. The van der Waals surface area contributed by atoms with Crippen molar-refractivity contribution in [3.8, 4) is 5.75 Å². The van der Waals surface area contributed by atoms with Gasteiger partial charge in [0.15, 0.2) is 5.75 Å². The third-order valence-electron chi connectivity index (χ3n) is 3.54. The van der Waals surface area contributed by atoms with E-state index in [2.05, 4.69) is 5.32 Å². The molecule has 0 saturated carbocycles. The van der Waals surface area contributed by atoms with Gasteiger partial charge in [-0.1, -0.05) is 6.07 Å². The van der Waals surface area contributed by atoms with Gasteiger partial charge in [0, 0.05) is 26.1 Å². The zero-order chi connectivity index (χ0) is 15.4. The van der Waals surface area contributed by atoms with Gasteiger partial charge in [-0.05, 0) is 25.5 Å². The van der Waals surface area contributed by atoms with Crippen LogP contribution in [0, 0.1) is 0 Å². The number of likely N-dealkylation sites (tertiary alicyclic amines) is 1. The van der Waals surface area contributed by atoms with Crippen LogP contribution in [-0.2, 0) is 4.79 Å². The lowest BCUT2D eigenvalue weighted by molar-refractivity contribution is -0.132. The van der Waals surface area contributed by atoms with Crippen molar-refractivity contribution in [3.05, 3.63) is 23.8 Å². The van der Waals surface area contributed by atoms with Crippen LogP contribution in [0.4, 0.5) is 5.69 Å². The minimum absolute atomic E-state index is 0.0453. The molecule has 1 aromatic rings. The van der Waals surface area contributed by atoms with E-state index in [4.69, 9.17) is 10.5 Å². The molecule has 3 N–H and O–H groups in total. The van der Waals surface area contributed by atoms with Crippen molar-refractivity contribution in [2.75, 3.05) is 25.9 Å². The predicted molar refractivity (Wildman–Crippen MR) is 80.1 cm³/mol. The van der Waals surface area contributed by atoms with Crippen LogP contribution in [0.2, 0.25) is 0 Å². The lowest BCUT2D eigenvalue weighted by Gasteiger charge is -2.30. The largest absolute Gasteiger partial charge is 0.491 e. The van der Waals surface area contributed by atoms with E-state index in [1.807, 2.05) is 6.92 Å². The molecular weight excluding hydrogens is 270 g/mol. The summed E-state index contributed by atoms with van der Waals surface area (Å²) in [6.45, 7) is 2.81. The van der Waals surface area contributed by atoms with E-state index in [1.165, 1.54) is 0 Å². The Labute approximate surface area is 124 Å². The molecule has 0 aliphatic carbocycles. The Kier molecular flexibility index (Phi) is 4.67. The first-order chi connectivity index (χ1) is 10.0. The summed E-state index contributed by atoms with van der Waals surface area (Å²) in [5.74, 6) is 0.302. The minimum atomic E-state index is -0.224. The summed E-state index contributed by atoms with van der Waals surface area (Å²) in [7, 11) is 1.74. The summed E-state index contributed by atoms with van der Waals surface area (Å²) >= 11 is 0. The Hall–Kier alpha value is -2.24. The Morgan fingerprint density at radius 2 is 2.29 bits per heavy atom. The minimum Gasteiger partial charge on any atom is -0.491 e. The lowest BCUT2D eigenvalue weighted by atomic mass is 10.0. The SMILES string of the molecule is CCOc1c(N)cccc1C(=O)NC1CCC(=O)N(C)C1. The number of rotatable bonds is 4. The number of hydrogen-bond donors (Lipinski definition) is 2. The van der Waals surface area contributed by atoms with Crippen molar-refractivity contribution >= 4 is 17.5 Å². The number of ether oxygens (including phenoxy) is 1. The summed E-state index contributed by atoms with van der Waals surface area (Å²) in [6.07, 6.45) is 1.11. The van der Waals surface area contributed by atoms with Gasteiger partial charge < -0.3 is 20.7 Å². The van der Waals surface area contributed by atoms with Gasteiger partial charge in [0.2, 0.25) is 5.91 Å². The molecule has 1 atom stereocenters. The fraction of sp³-hybridized carbons (Fsp3) is 0.467. The molecule has 0 bridgehead atoms. The van der Waals surface area contributed by atoms with Gasteiger partial charge in [0.1, 0.15) is 0 Å². The second-order valence-corrected chi connectivity index (χ2v) is 5.14. The van der Waals surface area contributed by atoms with E-state index in [9.17, 15) is 9.59 Å². The average molecular weight is 291 g/mol. The van der Waals surface area contributed by atoms with Gasteiger partial charge >= 0.3 is 0 Å². The molecular formula is C15H21N3O3. The third-order valence-corrected chi connectivity index (χ3v) is 3.54. The second-order valence-electron chi connectivity index (χ2n) is 5.14. The van der Waals surface area contributed by atoms with E-state index >= 15 is 0 Å². The number of nitrogens with zero attached hydrogens (tertiary/aromatic N) is 1. The summed E-state index contributed by atoms with van der Waals surface area (Å²) < 4.78 is 5.47. The number of nitrogens with one attached hydrogen (secondary N) is 1. The van der Waals surface area contributed by atoms with E-state index in [1.54, 1.807) is 30.1 Å². The van der Waals surface area contributed by atoms with Gasteiger partial charge in [-0.15, -0.1) is 0 Å². The van der Waals surface area contributed by atoms with Crippen LogP contribution in [0.3, 0.4) is 0 Å². The monoisotopic (exact) mass is 291 g/mol. The van der Waals surface area contributed by atoms with Crippen molar-refractivity contribution in [2.24, 2.45) is 0 Å². The smallest absolute Gasteiger partial charge is 0.255 e. The number of piperidine rings is 1. The maximum atomic E-state index is 12.4. The number of likely N-dealkylation sites (N-methyl/N-ethyl adjacent to an activating group) is 1. The zero-order valence-electron chi connectivity index (χ0n) is 12.4. The van der Waals surface area contributed by atoms with Crippen LogP contribution in [0.15, 0.2) is 18.2 Å². The normalized spacial score (nSPS) is 18.5. The van der Waals surface area contributed by atoms with Gasteiger partial charge in [-0.25, -0.2) is 0 Å². The summed E-state index contributed by atoms with van der Waals surface area (Å²) in [4.78, 5) is 25.5. The molecule has 114 valence electrons. The third kappa shape index (κ3) is 3.45. The molecule has 1 aliphatic heterocycles. The number of benzene rings is 1. The maximum Gasteiger partial charge on any atom is 0.255 e. The van der Waals surface area contributed by atoms with Crippen LogP contribution in [0.1, 0.15) is 30.1 Å². The quantitative estimate of drug-likeness (QED) is 0.811. The topological polar surface area (TPSA) is 84.7 Å². The van der Waals surface area contributed by atoms with Gasteiger partial charge in [-0.2, -0.15) is 0 Å². The molecule has 21 heavy (non-hydrogen) atoms.